The van der Waals surface area contributed by atoms with Gasteiger partial charge in [-0.05, 0) is 23.6 Å². The van der Waals surface area contributed by atoms with Gasteiger partial charge in [0.1, 0.15) is 30.3 Å². The van der Waals surface area contributed by atoms with E-state index in [4.69, 9.17) is 28.4 Å². The van der Waals surface area contributed by atoms with Crippen LogP contribution >= 0.6 is 0 Å². The lowest BCUT2D eigenvalue weighted by molar-refractivity contribution is -0.00838. The average Bonchev–Trinajstić information content (AvgIpc) is 2.88. The Balaban J connectivity index is 1.53. The Morgan fingerprint density at radius 3 is 1.91 bits per heavy atom. The van der Waals surface area contributed by atoms with Crippen molar-refractivity contribution in [1.82, 2.24) is 0 Å². The maximum Gasteiger partial charge on any atom is 0.188 e. The zero-order valence-electron chi connectivity index (χ0n) is 19.6. The van der Waals surface area contributed by atoms with Crippen molar-refractivity contribution in [2.45, 2.75) is 0 Å². The van der Waals surface area contributed by atoms with Gasteiger partial charge < -0.3 is 33.5 Å². The first-order chi connectivity index (χ1) is 17.3. The van der Waals surface area contributed by atoms with Crippen molar-refractivity contribution < 1.29 is 33.5 Å². The summed E-state index contributed by atoms with van der Waals surface area (Å²) in [5.74, 6) is 1.01. The van der Waals surface area contributed by atoms with E-state index in [-0.39, 0.29) is 5.75 Å². The largest absolute Gasteiger partial charge is 0.506 e. The van der Waals surface area contributed by atoms with Crippen LogP contribution in [0.15, 0.2) is 64.8 Å². The Morgan fingerprint density at radius 2 is 1.20 bits per heavy atom. The summed E-state index contributed by atoms with van der Waals surface area (Å²) in [6.07, 6.45) is 0. The molecule has 0 bridgehead atoms. The van der Waals surface area contributed by atoms with Crippen LogP contribution in [-0.4, -0.2) is 71.2 Å². The number of para-hydroxylation sites is 1. The molecule has 0 saturated carbocycles. The summed E-state index contributed by atoms with van der Waals surface area (Å²) < 4.78 is 34.0. The molecule has 1 N–H and O–H groups in total. The Bertz CT molecular complexity index is 1110. The quantitative estimate of drug-likeness (QED) is 0.524. The van der Waals surface area contributed by atoms with E-state index in [0.29, 0.717) is 88.9 Å². The summed E-state index contributed by atoms with van der Waals surface area (Å²) in [6.45, 7) is 4.33. The highest BCUT2D eigenvalue weighted by Crippen LogP contribution is 2.40. The molecule has 186 valence electrons. The molecule has 0 saturated heterocycles. The average molecular weight is 483 g/mol. The number of phenolic OH excluding ortho intramolecular Hbond substituents is 1. The van der Waals surface area contributed by atoms with Crippen LogP contribution in [0.25, 0.3) is 10.8 Å². The van der Waals surface area contributed by atoms with Gasteiger partial charge >= 0.3 is 0 Å². The summed E-state index contributed by atoms with van der Waals surface area (Å²) in [4.78, 5) is 0. The lowest BCUT2D eigenvalue weighted by Crippen LogP contribution is -2.16. The third-order valence-electron chi connectivity index (χ3n) is 5.17. The second-order valence-electron chi connectivity index (χ2n) is 7.61. The molecule has 0 fully saturated rings. The van der Waals surface area contributed by atoms with Crippen molar-refractivity contribution in [1.29, 1.82) is 0 Å². The number of rotatable bonds is 2. The molecule has 3 aromatic carbocycles. The molecule has 0 radical (unpaired) electrons. The summed E-state index contributed by atoms with van der Waals surface area (Å²) in [5, 5.41) is 20.9. The molecule has 0 spiro atoms. The first kappa shape index (κ1) is 24.9. The number of benzene rings is 3. The monoisotopic (exact) mass is 482 g/mol. The summed E-state index contributed by atoms with van der Waals surface area (Å²) in [6, 6.07) is 16.5. The number of aromatic hydroxyl groups is 1. The third kappa shape index (κ3) is 7.37. The molecule has 35 heavy (non-hydrogen) atoms. The highest BCUT2D eigenvalue weighted by Gasteiger charge is 2.13. The maximum atomic E-state index is 10.4. The van der Waals surface area contributed by atoms with E-state index < -0.39 is 0 Å². The molecule has 0 aliphatic carbocycles. The van der Waals surface area contributed by atoms with Crippen LogP contribution in [0.1, 0.15) is 0 Å². The third-order valence-corrected chi connectivity index (χ3v) is 5.17. The SMILES string of the molecule is Oc1ccc2ccccc2c1N=Nc1cccc2c1OCCOCCOCCOCCOCCO2. The Kier molecular flexibility index (Phi) is 9.66. The molecule has 0 aromatic heterocycles. The van der Waals surface area contributed by atoms with Gasteiger partial charge in [0, 0.05) is 5.39 Å². The molecule has 1 heterocycles. The summed E-state index contributed by atoms with van der Waals surface area (Å²) in [5.41, 5.74) is 0.864. The minimum absolute atomic E-state index is 0.0484. The number of ether oxygens (including phenoxy) is 6. The first-order valence-corrected chi connectivity index (χ1v) is 11.6. The molecular formula is C26H30N2O7. The van der Waals surface area contributed by atoms with E-state index in [1.165, 1.54) is 0 Å². The molecule has 0 atom stereocenters. The highest BCUT2D eigenvalue weighted by atomic mass is 16.6. The van der Waals surface area contributed by atoms with Gasteiger partial charge in [0.2, 0.25) is 0 Å². The molecule has 9 nitrogen and oxygen atoms in total. The van der Waals surface area contributed by atoms with Gasteiger partial charge in [-0.15, -0.1) is 10.2 Å². The number of fused-ring (bicyclic) bond motifs is 2. The fourth-order valence-corrected chi connectivity index (χ4v) is 3.47. The summed E-state index contributed by atoms with van der Waals surface area (Å²) in [7, 11) is 0. The molecule has 4 rings (SSSR count). The number of azo groups is 1. The van der Waals surface area contributed by atoms with Crippen molar-refractivity contribution in [3.8, 4) is 17.2 Å². The Labute approximate surface area is 204 Å². The number of phenols is 1. The molecule has 3 aromatic rings. The van der Waals surface area contributed by atoms with Crippen molar-refractivity contribution in [3.63, 3.8) is 0 Å². The van der Waals surface area contributed by atoms with Crippen LogP contribution in [-0.2, 0) is 18.9 Å². The number of hydrogen-bond acceptors (Lipinski definition) is 9. The van der Waals surface area contributed by atoms with Crippen molar-refractivity contribution in [3.05, 3.63) is 54.6 Å². The fraction of sp³-hybridized carbons (Fsp3) is 0.385. The van der Waals surface area contributed by atoms with E-state index in [0.717, 1.165) is 10.8 Å². The van der Waals surface area contributed by atoms with E-state index in [1.54, 1.807) is 18.2 Å². The molecule has 0 amide bonds. The maximum absolute atomic E-state index is 10.4. The lowest BCUT2D eigenvalue weighted by atomic mass is 10.1. The lowest BCUT2D eigenvalue weighted by Gasteiger charge is -2.15. The van der Waals surface area contributed by atoms with Gasteiger partial charge in [-0.2, -0.15) is 0 Å². The van der Waals surface area contributed by atoms with E-state index in [2.05, 4.69) is 10.2 Å². The van der Waals surface area contributed by atoms with Crippen LogP contribution in [0.4, 0.5) is 11.4 Å². The van der Waals surface area contributed by atoms with Gasteiger partial charge in [0.15, 0.2) is 11.5 Å². The smallest absolute Gasteiger partial charge is 0.188 e. The molecule has 0 unspecified atom stereocenters. The molecule has 9 heteroatoms. The molecule has 1 aliphatic heterocycles. The van der Waals surface area contributed by atoms with Crippen molar-refractivity contribution >= 4 is 22.1 Å². The van der Waals surface area contributed by atoms with Gasteiger partial charge in [0.25, 0.3) is 0 Å². The van der Waals surface area contributed by atoms with Gasteiger partial charge in [-0.1, -0.05) is 36.4 Å². The Morgan fingerprint density at radius 1 is 0.571 bits per heavy atom. The van der Waals surface area contributed by atoms with Crippen LogP contribution in [0, 0.1) is 0 Å². The van der Waals surface area contributed by atoms with Crippen molar-refractivity contribution in [2.24, 2.45) is 10.2 Å². The zero-order chi connectivity index (χ0) is 24.1. The van der Waals surface area contributed by atoms with E-state index in [9.17, 15) is 5.11 Å². The van der Waals surface area contributed by atoms with Gasteiger partial charge in [-0.3, -0.25) is 0 Å². The minimum atomic E-state index is 0.0484. The van der Waals surface area contributed by atoms with Crippen molar-refractivity contribution in [2.75, 3.05) is 66.1 Å². The van der Waals surface area contributed by atoms with Crippen LogP contribution in [0.2, 0.25) is 0 Å². The Hall–Kier alpha value is -3.24. The summed E-state index contributed by atoms with van der Waals surface area (Å²) >= 11 is 0. The number of hydrogen-bond donors (Lipinski definition) is 1. The fourth-order valence-electron chi connectivity index (χ4n) is 3.47. The molecule has 1 aliphatic rings. The van der Waals surface area contributed by atoms with Crippen LogP contribution in [0.3, 0.4) is 0 Å². The highest BCUT2D eigenvalue weighted by molar-refractivity contribution is 5.95. The second kappa shape index (κ2) is 13.6. The zero-order valence-corrected chi connectivity index (χ0v) is 19.6. The first-order valence-electron chi connectivity index (χ1n) is 11.6. The standard InChI is InChI=1S/C26H30N2O7/c29-23-9-8-20-4-1-2-5-21(20)25(23)28-27-22-6-3-7-24-26(22)35-19-17-33-15-13-31-11-10-30-12-14-32-16-18-34-24/h1-9,29H,10-19H2. The van der Waals surface area contributed by atoms with Crippen LogP contribution in [0.5, 0.6) is 17.2 Å². The van der Waals surface area contributed by atoms with Crippen LogP contribution < -0.4 is 9.47 Å². The number of nitrogens with zero attached hydrogens (tertiary/aromatic N) is 2. The normalized spacial score (nSPS) is 17.1. The molecular weight excluding hydrogens is 452 g/mol. The second-order valence-corrected chi connectivity index (χ2v) is 7.61. The van der Waals surface area contributed by atoms with Gasteiger partial charge in [-0.25, -0.2) is 0 Å². The van der Waals surface area contributed by atoms with E-state index in [1.807, 2.05) is 36.4 Å². The van der Waals surface area contributed by atoms with E-state index >= 15 is 0 Å². The predicted molar refractivity (Wildman–Crippen MR) is 130 cm³/mol. The van der Waals surface area contributed by atoms with Gasteiger partial charge in [0.05, 0.1) is 52.9 Å². The predicted octanol–water partition coefficient (Wildman–Crippen LogP) is 4.80. The topological polar surface area (TPSA) is 100 Å². The minimum Gasteiger partial charge on any atom is -0.506 e.